The average molecular weight is 427 g/mol. The van der Waals surface area contributed by atoms with Gasteiger partial charge in [0.2, 0.25) is 0 Å². The van der Waals surface area contributed by atoms with Gasteiger partial charge in [-0.15, -0.1) is 36.6 Å². The van der Waals surface area contributed by atoms with Crippen LogP contribution in [0, 0.1) is 0 Å². The van der Waals surface area contributed by atoms with Crippen LogP contribution in [0.5, 0.6) is 0 Å². The third-order valence-corrected chi connectivity index (χ3v) is 6.00. The summed E-state index contributed by atoms with van der Waals surface area (Å²) in [5.74, 6) is 0.509. The Labute approximate surface area is 181 Å². The number of hydrogen-bond donors (Lipinski definition) is 1. The Morgan fingerprint density at radius 3 is 2.22 bits per heavy atom. The van der Waals surface area contributed by atoms with E-state index in [1.54, 1.807) is 0 Å². The third-order valence-electron chi connectivity index (χ3n) is 4.79. The van der Waals surface area contributed by atoms with Crippen molar-refractivity contribution in [2.45, 2.75) is 55.2 Å². The molecule has 1 aliphatic heterocycles. The molecule has 3 rings (SSSR count). The van der Waals surface area contributed by atoms with E-state index in [9.17, 15) is 0 Å². The summed E-state index contributed by atoms with van der Waals surface area (Å²) in [4.78, 5) is 1.43. The van der Waals surface area contributed by atoms with E-state index < -0.39 is 0 Å². The molecule has 1 fully saturated rings. The van der Waals surface area contributed by atoms with Crippen LogP contribution in [0.15, 0.2) is 59.5 Å². The summed E-state index contributed by atoms with van der Waals surface area (Å²) in [6.07, 6.45) is 2.46. The van der Waals surface area contributed by atoms with Gasteiger partial charge in [-0.3, -0.25) is 5.43 Å². The van der Waals surface area contributed by atoms with Crippen molar-refractivity contribution >= 4 is 36.6 Å². The summed E-state index contributed by atoms with van der Waals surface area (Å²) in [6, 6.07) is 20.3. The minimum Gasteiger partial charge on any atom is -0.258 e. The fraction of sp³-hybridized carbons (Fsp3) is 0.455. The van der Waals surface area contributed by atoms with Crippen molar-refractivity contribution in [1.29, 1.82) is 0 Å². The van der Waals surface area contributed by atoms with Gasteiger partial charge in [-0.2, -0.15) is 0 Å². The highest BCUT2D eigenvalue weighted by atomic mass is 35.5. The fourth-order valence-corrected chi connectivity index (χ4v) is 4.99. The molecule has 0 bridgehead atoms. The zero-order valence-electron chi connectivity index (χ0n) is 16.6. The third kappa shape index (κ3) is 6.13. The lowest BCUT2D eigenvalue weighted by atomic mass is 9.81. The first-order valence-corrected chi connectivity index (χ1v) is 10.1. The molecule has 0 amide bonds. The molecule has 2 atom stereocenters. The number of thioether (sulfide) groups is 1. The summed E-state index contributed by atoms with van der Waals surface area (Å²) >= 11 is 1.99. The van der Waals surface area contributed by atoms with Crippen LogP contribution >= 0.6 is 36.6 Å². The van der Waals surface area contributed by atoms with Crippen LogP contribution in [0.25, 0.3) is 0 Å². The van der Waals surface area contributed by atoms with E-state index in [0.29, 0.717) is 12.0 Å². The van der Waals surface area contributed by atoms with Crippen LogP contribution in [0.3, 0.4) is 0 Å². The average Bonchev–Trinajstić information content (AvgIpc) is 2.61. The van der Waals surface area contributed by atoms with Crippen LogP contribution in [0.2, 0.25) is 0 Å². The van der Waals surface area contributed by atoms with Crippen LogP contribution in [0.1, 0.15) is 56.7 Å². The molecular weight excluding hydrogens is 395 g/mol. The monoisotopic (exact) mass is 426 g/mol. The van der Waals surface area contributed by atoms with Gasteiger partial charge >= 0.3 is 0 Å². The number of rotatable bonds is 4. The van der Waals surface area contributed by atoms with Gasteiger partial charge < -0.3 is 0 Å². The molecular formula is C22H32Cl2N2S. The van der Waals surface area contributed by atoms with E-state index >= 15 is 0 Å². The van der Waals surface area contributed by atoms with Crippen molar-refractivity contribution in [2.24, 2.45) is 0 Å². The Balaban J connectivity index is 0.00000182. The number of benzene rings is 2. The second-order valence-corrected chi connectivity index (χ2v) is 9.64. The molecule has 2 aromatic rings. The van der Waals surface area contributed by atoms with Crippen molar-refractivity contribution in [3.63, 3.8) is 0 Å². The summed E-state index contributed by atoms with van der Waals surface area (Å²) in [5.41, 5.74) is 6.34. The van der Waals surface area contributed by atoms with Gasteiger partial charge in [0.15, 0.2) is 0 Å². The molecule has 27 heavy (non-hydrogen) atoms. The predicted octanol–water partition coefficient (Wildman–Crippen LogP) is 6.48. The normalized spacial score (nSPS) is 20.4. The molecule has 0 unspecified atom stereocenters. The van der Waals surface area contributed by atoms with Crippen LogP contribution in [0.4, 0.5) is 0 Å². The highest BCUT2D eigenvalue weighted by Gasteiger charge is 2.34. The molecule has 1 N–H and O–H groups in total. The molecule has 2 nitrogen and oxygen atoms in total. The van der Waals surface area contributed by atoms with Crippen molar-refractivity contribution in [1.82, 2.24) is 10.4 Å². The van der Waals surface area contributed by atoms with E-state index in [0.717, 1.165) is 6.54 Å². The first-order valence-electron chi connectivity index (χ1n) is 9.26. The number of nitrogens with one attached hydrogen (secondary N) is 1. The van der Waals surface area contributed by atoms with E-state index in [2.05, 4.69) is 85.8 Å². The largest absolute Gasteiger partial charge is 0.258 e. The number of hydrazine groups is 1. The zero-order chi connectivity index (χ0) is 17.9. The summed E-state index contributed by atoms with van der Waals surface area (Å²) < 4.78 is 0.218. The Kier molecular flexibility index (Phi) is 9.67. The molecule has 0 aliphatic carbocycles. The molecule has 2 aromatic carbocycles. The minimum absolute atomic E-state index is 0. The summed E-state index contributed by atoms with van der Waals surface area (Å²) in [5, 5.41) is 2.42. The highest BCUT2D eigenvalue weighted by Crippen LogP contribution is 2.46. The van der Waals surface area contributed by atoms with Gasteiger partial charge in [0.1, 0.15) is 0 Å². The van der Waals surface area contributed by atoms with Gasteiger partial charge in [0.25, 0.3) is 0 Å². The first-order chi connectivity index (χ1) is 12.0. The van der Waals surface area contributed by atoms with Gasteiger partial charge in [0.05, 0.1) is 6.04 Å². The van der Waals surface area contributed by atoms with Crippen molar-refractivity contribution in [2.75, 3.05) is 13.6 Å². The Hall–Kier alpha value is -0.710. The van der Waals surface area contributed by atoms with Crippen LogP contribution in [-0.4, -0.2) is 23.3 Å². The number of nitrogens with zero attached hydrogens (tertiary/aromatic N) is 1. The molecule has 0 saturated carbocycles. The Bertz CT molecular complexity index is 688. The van der Waals surface area contributed by atoms with Gasteiger partial charge in [-0.25, -0.2) is 5.01 Å². The van der Waals surface area contributed by atoms with E-state index in [4.69, 9.17) is 0 Å². The van der Waals surface area contributed by atoms with Crippen LogP contribution in [-0.2, 0) is 0 Å². The first kappa shape index (κ1) is 24.3. The minimum atomic E-state index is 0. The van der Waals surface area contributed by atoms with Crippen molar-refractivity contribution < 1.29 is 0 Å². The molecule has 1 heterocycles. The zero-order valence-corrected chi connectivity index (χ0v) is 19.1. The molecule has 150 valence electrons. The SMILES string of the molecule is CNN1CCC[C@@H](c2ccccc2SC(C)(C)C)[C@H]1c1ccccc1.Cl.Cl. The Morgan fingerprint density at radius 1 is 0.963 bits per heavy atom. The lowest BCUT2D eigenvalue weighted by Gasteiger charge is -2.42. The quantitative estimate of drug-likeness (QED) is 0.563. The molecule has 0 aromatic heterocycles. The van der Waals surface area contributed by atoms with E-state index in [1.165, 1.54) is 28.9 Å². The lowest BCUT2D eigenvalue weighted by molar-refractivity contribution is 0.0791. The lowest BCUT2D eigenvalue weighted by Crippen LogP contribution is -2.45. The van der Waals surface area contributed by atoms with Crippen molar-refractivity contribution in [3.8, 4) is 0 Å². The molecule has 1 saturated heterocycles. The van der Waals surface area contributed by atoms with Gasteiger partial charge in [-0.1, -0.05) is 69.3 Å². The van der Waals surface area contributed by atoms with Gasteiger partial charge in [-0.05, 0) is 37.1 Å². The maximum Gasteiger partial charge on any atom is 0.0561 e. The maximum absolute atomic E-state index is 3.45. The maximum atomic E-state index is 3.45. The number of halogens is 2. The fourth-order valence-electron chi connectivity index (χ4n) is 3.84. The van der Waals surface area contributed by atoms with Gasteiger partial charge in [0, 0.05) is 22.1 Å². The molecule has 5 heteroatoms. The highest BCUT2D eigenvalue weighted by molar-refractivity contribution is 8.00. The smallest absolute Gasteiger partial charge is 0.0561 e. The predicted molar refractivity (Wildman–Crippen MR) is 123 cm³/mol. The number of hydrogen-bond acceptors (Lipinski definition) is 3. The molecule has 1 aliphatic rings. The second-order valence-electron chi connectivity index (χ2n) is 7.77. The molecule has 0 radical (unpaired) electrons. The standard InChI is InChI=1S/C22H30N2S.2ClH/c1-22(2,3)25-20-15-9-8-13-18(20)19-14-10-16-24(23-4)21(19)17-11-6-5-7-12-17;;/h5-9,11-13,15,19,21,23H,10,14,16H2,1-4H3;2*1H/t19-,21+;;/m0../s1. The van der Waals surface area contributed by atoms with E-state index in [-0.39, 0.29) is 29.6 Å². The topological polar surface area (TPSA) is 15.3 Å². The summed E-state index contributed by atoms with van der Waals surface area (Å²) in [7, 11) is 2.05. The Morgan fingerprint density at radius 2 is 1.59 bits per heavy atom. The summed E-state index contributed by atoms with van der Waals surface area (Å²) in [6.45, 7) is 7.98. The number of piperidine rings is 1. The molecule has 0 spiro atoms. The van der Waals surface area contributed by atoms with Crippen molar-refractivity contribution in [3.05, 3.63) is 65.7 Å². The van der Waals surface area contributed by atoms with Crippen LogP contribution < -0.4 is 5.43 Å². The second kappa shape index (κ2) is 10.7. The van der Waals surface area contributed by atoms with E-state index in [1.807, 2.05) is 18.8 Å².